The van der Waals surface area contributed by atoms with Gasteiger partial charge in [0.05, 0.1) is 17.9 Å². The maximum atomic E-state index is 13.1. The van der Waals surface area contributed by atoms with Crippen molar-refractivity contribution in [3.63, 3.8) is 0 Å². The maximum Gasteiger partial charge on any atom is 0.316 e. The van der Waals surface area contributed by atoms with Gasteiger partial charge in [-0.3, -0.25) is 4.79 Å². The lowest BCUT2D eigenvalue weighted by Crippen LogP contribution is -2.36. The Morgan fingerprint density at radius 2 is 1.58 bits per heavy atom. The third kappa shape index (κ3) is 11.8. The topological polar surface area (TPSA) is 111 Å². The lowest BCUT2D eigenvalue weighted by molar-refractivity contribution is -0.159. The monoisotopic (exact) mass is 723 g/mol. The van der Waals surface area contributed by atoms with Crippen LogP contribution in [0.4, 0.5) is 0 Å². The molecule has 9 nitrogen and oxygen atoms in total. The van der Waals surface area contributed by atoms with Gasteiger partial charge in [0.25, 0.3) is 0 Å². The van der Waals surface area contributed by atoms with E-state index in [9.17, 15) is 9.90 Å². The van der Waals surface area contributed by atoms with Crippen LogP contribution in [-0.2, 0) is 19.0 Å². The van der Waals surface area contributed by atoms with Crippen LogP contribution in [0.1, 0.15) is 91.6 Å². The van der Waals surface area contributed by atoms with Crippen LogP contribution in [0.5, 0.6) is 11.5 Å². The number of rotatable bonds is 20. The summed E-state index contributed by atoms with van der Waals surface area (Å²) >= 11 is 0. The molecule has 4 unspecified atom stereocenters. The molecule has 1 aliphatic rings. The average Bonchev–Trinajstić information content (AvgIpc) is 3.11. The highest BCUT2D eigenvalue weighted by atomic mass is 16.6. The van der Waals surface area contributed by atoms with Gasteiger partial charge in [-0.15, -0.1) is 6.58 Å². The van der Waals surface area contributed by atoms with Gasteiger partial charge in [-0.25, -0.2) is 9.98 Å². The first-order valence-electron chi connectivity index (χ1n) is 18.6. The number of benzene rings is 3. The molecule has 0 saturated heterocycles. The highest BCUT2D eigenvalue weighted by Gasteiger charge is 2.26. The van der Waals surface area contributed by atoms with Crippen molar-refractivity contribution in [3.05, 3.63) is 119 Å². The lowest BCUT2D eigenvalue weighted by atomic mass is 10.0. The van der Waals surface area contributed by atoms with Gasteiger partial charge in [-0.05, 0) is 70.2 Å². The third-order valence-corrected chi connectivity index (χ3v) is 9.32. The van der Waals surface area contributed by atoms with Gasteiger partial charge in [0.15, 0.2) is 12.3 Å². The summed E-state index contributed by atoms with van der Waals surface area (Å²) in [4.78, 5) is 23.1. The predicted octanol–water partition coefficient (Wildman–Crippen LogP) is 9.00. The Hall–Kier alpha value is -4.89. The summed E-state index contributed by atoms with van der Waals surface area (Å²) in [5.41, 5.74) is 6.94. The van der Waals surface area contributed by atoms with Crippen molar-refractivity contribution in [2.75, 3.05) is 26.4 Å². The maximum absolute atomic E-state index is 13.1. The molecule has 0 radical (unpaired) electrons. The number of phenolic OH excluding ortho intramolecular Hbond substituents is 1. The van der Waals surface area contributed by atoms with Crippen LogP contribution < -0.4 is 10.1 Å². The molecule has 9 heteroatoms. The fourth-order valence-corrected chi connectivity index (χ4v) is 6.14. The van der Waals surface area contributed by atoms with Crippen LogP contribution in [-0.4, -0.2) is 55.3 Å². The zero-order valence-electron chi connectivity index (χ0n) is 32.5. The number of nitrogens with one attached hydrogen (secondary N) is 1. The Morgan fingerprint density at radius 3 is 2.21 bits per heavy atom. The Morgan fingerprint density at radius 1 is 0.906 bits per heavy atom. The summed E-state index contributed by atoms with van der Waals surface area (Å²) in [5, 5.41) is 14.8. The minimum Gasteiger partial charge on any atom is -0.507 e. The molecule has 1 aliphatic heterocycles. The van der Waals surface area contributed by atoms with E-state index in [1.807, 2.05) is 0 Å². The third-order valence-electron chi connectivity index (χ3n) is 9.32. The minimum absolute atomic E-state index is 0.0129. The lowest BCUT2D eigenvalue weighted by Gasteiger charge is -2.25. The quantitative estimate of drug-likeness (QED) is 0.0680. The molecule has 4 atom stereocenters. The first-order chi connectivity index (χ1) is 25.4. The molecule has 3 aromatic carbocycles. The molecule has 0 fully saturated rings. The summed E-state index contributed by atoms with van der Waals surface area (Å²) in [6, 6.07) is 17.6. The molecule has 1 heterocycles. The first kappa shape index (κ1) is 40.9. The molecule has 0 aromatic heterocycles. The summed E-state index contributed by atoms with van der Waals surface area (Å²) in [6.07, 6.45) is 4.64. The SMILES string of the molecule is C=CC(COC(=C)C)C(=O)OC(COCC(CC)CCCC)COc1ccc(C2=NC(c3ccc(C)cc3C)N=C(c3ccc(C)cc3C)N2)c(O)c1. The summed E-state index contributed by atoms with van der Waals surface area (Å²) in [6.45, 7) is 22.6. The number of phenols is 1. The fraction of sp³-hybridized carbons (Fsp3) is 0.432. The van der Waals surface area contributed by atoms with Gasteiger partial charge in [0.2, 0.25) is 0 Å². The number of esters is 1. The van der Waals surface area contributed by atoms with E-state index in [2.05, 4.69) is 96.4 Å². The van der Waals surface area contributed by atoms with Crippen molar-refractivity contribution in [1.82, 2.24) is 5.32 Å². The molecular weight excluding hydrogens is 666 g/mol. The second-order valence-corrected chi connectivity index (χ2v) is 14.0. The number of unbranched alkanes of at least 4 members (excludes halogenated alkanes) is 1. The van der Waals surface area contributed by atoms with E-state index in [4.69, 9.17) is 28.9 Å². The molecule has 0 saturated carbocycles. The number of aromatic hydroxyl groups is 1. The van der Waals surface area contributed by atoms with Crippen LogP contribution in [0.2, 0.25) is 0 Å². The number of ether oxygens (including phenoxy) is 4. The van der Waals surface area contributed by atoms with Crippen LogP contribution in [0.15, 0.2) is 89.6 Å². The molecule has 4 rings (SSSR count). The van der Waals surface area contributed by atoms with Crippen LogP contribution in [0.25, 0.3) is 0 Å². The Labute approximate surface area is 315 Å². The van der Waals surface area contributed by atoms with E-state index in [1.165, 1.54) is 6.08 Å². The molecule has 3 aromatic rings. The Balaban J connectivity index is 1.55. The Kier molecular flexibility index (Phi) is 15.3. The summed E-state index contributed by atoms with van der Waals surface area (Å²) in [5.74, 6) is 1.29. The van der Waals surface area contributed by atoms with Crippen molar-refractivity contribution < 1.29 is 28.8 Å². The second kappa shape index (κ2) is 19.8. The van der Waals surface area contributed by atoms with Crippen LogP contribution >= 0.6 is 0 Å². The van der Waals surface area contributed by atoms with Crippen molar-refractivity contribution in [3.8, 4) is 11.5 Å². The van der Waals surface area contributed by atoms with E-state index >= 15 is 0 Å². The summed E-state index contributed by atoms with van der Waals surface area (Å²) < 4.78 is 23.5. The van der Waals surface area contributed by atoms with Crippen molar-refractivity contribution in [2.24, 2.45) is 21.8 Å². The van der Waals surface area contributed by atoms with Gasteiger partial charge in [0.1, 0.15) is 42.3 Å². The minimum atomic E-state index is -0.709. The number of hydrogen-bond acceptors (Lipinski definition) is 9. The molecule has 2 N–H and O–H groups in total. The van der Waals surface area contributed by atoms with Gasteiger partial charge < -0.3 is 29.4 Å². The second-order valence-electron chi connectivity index (χ2n) is 14.0. The smallest absolute Gasteiger partial charge is 0.316 e. The number of carbonyl (C=O) groups excluding carboxylic acids is 1. The standard InChI is InChI=1S/C44H57N3O6/c1-10-13-14-33(11-2)24-50-26-36(53-44(49)34(12-3)25-51-28(4)5)27-52-35-17-20-39(40(48)23-35)43-46-41(37-18-15-29(6)21-31(37)8)45-42(47-43)38-19-16-30(7)22-32(38)9/h12,15-23,33-34,36,41,48H,3-4,10-11,13-14,24-27H2,1-2,5-9H3,(H,45,46,47). The van der Waals surface area contributed by atoms with Gasteiger partial charge in [-0.2, -0.15) is 0 Å². The van der Waals surface area contributed by atoms with E-state index in [0.29, 0.717) is 41.3 Å². The zero-order chi connectivity index (χ0) is 38.5. The number of hydrogen-bond donors (Lipinski definition) is 2. The predicted molar refractivity (Wildman–Crippen MR) is 213 cm³/mol. The number of amidine groups is 2. The number of carbonyl (C=O) groups is 1. The van der Waals surface area contributed by atoms with E-state index in [1.54, 1.807) is 25.1 Å². The van der Waals surface area contributed by atoms with Crippen LogP contribution in [0, 0.1) is 39.5 Å². The number of aliphatic imine (C=N–C) groups is 2. The molecule has 0 bridgehead atoms. The zero-order valence-corrected chi connectivity index (χ0v) is 32.5. The largest absolute Gasteiger partial charge is 0.507 e. The molecule has 0 amide bonds. The first-order valence-corrected chi connectivity index (χ1v) is 18.6. The number of aryl methyl sites for hydroxylation is 4. The molecule has 53 heavy (non-hydrogen) atoms. The summed E-state index contributed by atoms with van der Waals surface area (Å²) in [7, 11) is 0. The molecule has 284 valence electrons. The van der Waals surface area contributed by atoms with Crippen LogP contribution in [0.3, 0.4) is 0 Å². The van der Waals surface area contributed by atoms with Gasteiger partial charge in [0, 0.05) is 23.8 Å². The molecular formula is C44H57N3O6. The molecule has 0 aliphatic carbocycles. The van der Waals surface area contributed by atoms with E-state index in [0.717, 1.165) is 59.1 Å². The average molecular weight is 724 g/mol. The number of nitrogens with zero attached hydrogens (tertiary/aromatic N) is 2. The fourth-order valence-electron chi connectivity index (χ4n) is 6.14. The Bertz CT molecular complexity index is 1800. The van der Waals surface area contributed by atoms with Gasteiger partial charge >= 0.3 is 5.97 Å². The van der Waals surface area contributed by atoms with Gasteiger partial charge in [-0.1, -0.05) is 93.3 Å². The highest BCUT2D eigenvalue weighted by Crippen LogP contribution is 2.31. The molecule has 0 spiro atoms. The van der Waals surface area contributed by atoms with Crippen molar-refractivity contribution >= 4 is 17.6 Å². The van der Waals surface area contributed by atoms with E-state index in [-0.39, 0.29) is 25.6 Å². The normalized spacial score (nSPS) is 15.6. The van der Waals surface area contributed by atoms with Crippen molar-refractivity contribution in [2.45, 2.75) is 86.4 Å². The number of allylic oxidation sites excluding steroid dienone is 1. The van der Waals surface area contributed by atoms with Crippen molar-refractivity contribution in [1.29, 1.82) is 0 Å². The van der Waals surface area contributed by atoms with E-state index < -0.39 is 24.2 Å². The highest BCUT2D eigenvalue weighted by molar-refractivity contribution is 6.17.